The van der Waals surface area contributed by atoms with Gasteiger partial charge in [0.25, 0.3) is 0 Å². The molecule has 1 fully saturated rings. The van der Waals surface area contributed by atoms with E-state index >= 15 is 0 Å². The predicted molar refractivity (Wildman–Crippen MR) is 76.3 cm³/mol. The van der Waals surface area contributed by atoms with E-state index in [0.29, 0.717) is 17.5 Å². The highest BCUT2D eigenvalue weighted by Gasteiger charge is 2.18. The van der Waals surface area contributed by atoms with E-state index in [-0.39, 0.29) is 11.7 Å². The predicted octanol–water partition coefficient (Wildman–Crippen LogP) is 2.16. The van der Waals surface area contributed by atoms with Gasteiger partial charge in [0, 0.05) is 18.5 Å². The summed E-state index contributed by atoms with van der Waals surface area (Å²) < 4.78 is 5.52. The number of anilines is 1. The van der Waals surface area contributed by atoms with E-state index in [1.807, 2.05) is 25.1 Å². The lowest BCUT2D eigenvalue weighted by Gasteiger charge is -2.32. The molecule has 1 unspecified atom stereocenters. The van der Waals surface area contributed by atoms with Crippen molar-refractivity contribution in [2.24, 2.45) is 0 Å². The van der Waals surface area contributed by atoms with Crippen LogP contribution < -0.4 is 4.90 Å². The number of benzene rings is 1. The SMILES string of the molecule is CC1CN(c2ccc3c(C(=O)O)cccc3n2)CCO1. The average Bonchev–Trinajstić information content (AvgIpc) is 2.46. The van der Waals surface area contributed by atoms with E-state index in [9.17, 15) is 9.90 Å². The van der Waals surface area contributed by atoms with Crippen molar-refractivity contribution in [2.75, 3.05) is 24.6 Å². The molecular weight excluding hydrogens is 256 g/mol. The number of fused-ring (bicyclic) bond motifs is 1. The van der Waals surface area contributed by atoms with Crippen LogP contribution >= 0.6 is 0 Å². The molecule has 5 heteroatoms. The first kappa shape index (κ1) is 12.9. The lowest BCUT2D eigenvalue weighted by Crippen LogP contribution is -2.41. The van der Waals surface area contributed by atoms with Gasteiger partial charge in [-0.25, -0.2) is 9.78 Å². The maximum absolute atomic E-state index is 11.2. The van der Waals surface area contributed by atoms with Gasteiger partial charge in [-0.15, -0.1) is 0 Å². The lowest BCUT2D eigenvalue weighted by molar-refractivity contribution is 0.0529. The van der Waals surface area contributed by atoms with E-state index in [1.165, 1.54) is 0 Å². The third kappa shape index (κ3) is 2.32. The van der Waals surface area contributed by atoms with Crippen LogP contribution in [0.25, 0.3) is 10.9 Å². The number of aromatic nitrogens is 1. The molecule has 1 saturated heterocycles. The molecule has 0 saturated carbocycles. The molecule has 20 heavy (non-hydrogen) atoms. The van der Waals surface area contributed by atoms with Crippen molar-refractivity contribution >= 4 is 22.7 Å². The third-order valence-corrected chi connectivity index (χ3v) is 3.51. The first-order valence-electron chi connectivity index (χ1n) is 6.65. The molecule has 0 radical (unpaired) electrons. The summed E-state index contributed by atoms with van der Waals surface area (Å²) in [5.41, 5.74) is 0.999. The van der Waals surface area contributed by atoms with Crippen molar-refractivity contribution in [3.8, 4) is 0 Å². The Kier molecular flexibility index (Phi) is 3.28. The van der Waals surface area contributed by atoms with Crippen LogP contribution in [0.4, 0.5) is 5.82 Å². The van der Waals surface area contributed by atoms with Gasteiger partial charge < -0.3 is 14.7 Å². The Morgan fingerprint density at radius 1 is 1.40 bits per heavy atom. The monoisotopic (exact) mass is 272 g/mol. The minimum absolute atomic E-state index is 0.187. The molecule has 0 aliphatic carbocycles. The molecular formula is C15H16N2O3. The number of ether oxygens (including phenoxy) is 1. The summed E-state index contributed by atoms with van der Waals surface area (Å²) in [6.45, 7) is 4.34. The van der Waals surface area contributed by atoms with Gasteiger partial charge in [-0.1, -0.05) is 6.07 Å². The highest BCUT2D eigenvalue weighted by atomic mass is 16.5. The molecule has 5 nitrogen and oxygen atoms in total. The first-order chi connectivity index (χ1) is 9.65. The van der Waals surface area contributed by atoms with E-state index in [0.717, 1.165) is 18.9 Å². The number of pyridine rings is 1. The Labute approximate surface area is 116 Å². The Hall–Kier alpha value is -2.14. The van der Waals surface area contributed by atoms with Gasteiger partial charge in [-0.3, -0.25) is 0 Å². The summed E-state index contributed by atoms with van der Waals surface area (Å²) in [6.07, 6.45) is 0.187. The second kappa shape index (κ2) is 5.09. The molecule has 2 aromatic rings. The van der Waals surface area contributed by atoms with E-state index in [4.69, 9.17) is 4.74 Å². The topological polar surface area (TPSA) is 62.7 Å². The van der Waals surface area contributed by atoms with Gasteiger partial charge in [0.15, 0.2) is 0 Å². The molecule has 1 N–H and O–H groups in total. The van der Waals surface area contributed by atoms with Gasteiger partial charge in [0.2, 0.25) is 0 Å². The standard InChI is InChI=1S/C15H16N2O3/c1-10-9-17(7-8-20-10)14-6-5-11-12(15(18)19)3-2-4-13(11)16-14/h2-6,10H,7-9H2,1H3,(H,18,19). The number of carboxylic acid groups (broad SMARTS) is 1. The van der Waals surface area contributed by atoms with Gasteiger partial charge in [0.05, 0.1) is 23.8 Å². The maximum Gasteiger partial charge on any atom is 0.336 e. The summed E-state index contributed by atoms with van der Waals surface area (Å²) in [5.74, 6) is -0.0552. The number of hydrogen-bond acceptors (Lipinski definition) is 4. The summed E-state index contributed by atoms with van der Waals surface area (Å²) in [4.78, 5) is 17.9. The van der Waals surface area contributed by atoms with E-state index in [1.54, 1.807) is 12.1 Å². The average molecular weight is 272 g/mol. The zero-order valence-electron chi connectivity index (χ0n) is 11.2. The van der Waals surface area contributed by atoms with Crippen LogP contribution in [-0.4, -0.2) is 41.9 Å². The molecule has 3 rings (SSSR count). The van der Waals surface area contributed by atoms with E-state index < -0.39 is 5.97 Å². The van der Waals surface area contributed by atoms with Crippen LogP contribution in [0.2, 0.25) is 0 Å². The smallest absolute Gasteiger partial charge is 0.336 e. The van der Waals surface area contributed by atoms with Crippen LogP contribution in [0.3, 0.4) is 0 Å². The van der Waals surface area contributed by atoms with Crippen molar-refractivity contribution in [1.82, 2.24) is 4.98 Å². The van der Waals surface area contributed by atoms with Crippen LogP contribution in [0.1, 0.15) is 17.3 Å². The van der Waals surface area contributed by atoms with Gasteiger partial charge in [-0.2, -0.15) is 0 Å². The summed E-state index contributed by atoms with van der Waals surface area (Å²) >= 11 is 0. The molecule has 104 valence electrons. The quantitative estimate of drug-likeness (QED) is 0.907. The molecule has 1 atom stereocenters. The summed E-state index contributed by atoms with van der Waals surface area (Å²) in [6, 6.07) is 8.89. The molecule has 0 bridgehead atoms. The Morgan fingerprint density at radius 3 is 3.00 bits per heavy atom. The van der Waals surface area contributed by atoms with Crippen molar-refractivity contribution in [3.63, 3.8) is 0 Å². The fraction of sp³-hybridized carbons (Fsp3) is 0.333. The summed E-state index contributed by atoms with van der Waals surface area (Å²) in [5, 5.41) is 9.85. The maximum atomic E-state index is 11.2. The molecule has 0 spiro atoms. The van der Waals surface area contributed by atoms with Gasteiger partial charge >= 0.3 is 5.97 Å². The van der Waals surface area contributed by atoms with Crippen molar-refractivity contribution in [3.05, 3.63) is 35.9 Å². The molecule has 1 aliphatic heterocycles. The number of hydrogen-bond donors (Lipinski definition) is 1. The first-order valence-corrected chi connectivity index (χ1v) is 6.65. The van der Waals surface area contributed by atoms with Crippen molar-refractivity contribution < 1.29 is 14.6 Å². The molecule has 1 aliphatic rings. The zero-order valence-corrected chi connectivity index (χ0v) is 11.2. The number of nitrogens with zero attached hydrogens (tertiary/aromatic N) is 2. The molecule has 2 heterocycles. The number of aromatic carboxylic acids is 1. The highest BCUT2D eigenvalue weighted by molar-refractivity contribution is 6.02. The van der Waals surface area contributed by atoms with Crippen LogP contribution in [-0.2, 0) is 4.74 Å². The van der Waals surface area contributed by atoms with Gasteiger partial charge in [0.1, 0.15) is 5.82 Å². The Morgan fingerprint density at radius 2 is 2.25 bits per heavy atom. The van der Waals surface area contributed by atoms with Crippen LogP contribution in [0.5, 0.6) is 0 Å². The highest BCUT2D eigenvalue weighted by Crippen LogP contribution is 2.22. The minimum atomic E-state index is -0.926. The molecule has 1 aromatic carbocycles. The Balaban J connectivity index is 2.01. The fourth-order valence-electron chi connectivity index (χ4n) is 2.53. The Bertz CT molecular complexity index is 657. The number of rotatable bonds is 2. The zero-order chi connectivity index (χ0) is 14.1. The molecule has 0 amide bonds. The van der Waals surface area contributed by atoms with E-state index in [2.05, 4.69) is 9.88 Å². The minimum Gasteiger partial charge on any atom is -0.478 e. The summed E-state index contributed by atoms with van der Waals surface area (Å²) in [7, 11) is 0. The third-order valence-electron chi connectivity index (χ3n) is 3.51. The second-order valence-electron chi connectivity index (χ2n) is 4.97. The fourth-order valence-corrected chi connectivity index (χ4v) is 2.53. The molecule has 1 aromatic heterocycles. The number of carboxylic acids is 1. The lowest BCUT2D eigenvalue weighted by atomic mass is 10.1. The number of carbonyl (C=O) groups is 1. The number of morpholine rings is 1. The second-order valence-corrected chi connectivity index (χ2v) is 4.97. The van der Waals surface area contributed by atoms with Crippen molar-refractivity contribution in [2.45, 2.75) is 13.0 Å². The van der Waals surface area contributed by atoms with Crippen LogP contribution in [0.15, 0.2) is 30.3 Å². The van der Waals surface area contributed by atoms with Crippen molar-refractivity contribution in [1.29, 1.82) is 0 Å². The van der Waals surface area contributed by atoms with Crippen LogP contribution in [0, 0.1) is 0 Å². The van der Waals surface area contributed by atoms with Gasteiger partial charge in [-0.05, 0) is 31.2 Å². The largest absolute Gasteiger partial charge is 0.478 e. The normalized spacial score (nSPS) is 19.2.